The fourth-order valence-corrected chi connectivity index (χ4v) is 0.742. The Labute approximate surface area is 61.7 Å². The van der Waals surface area contributed by atoms with Crippen molar-refractivity contribution in [3.8, 4) is 0 Å². The van der Waals surface area contributed by atoms with Gasteiger partial charge in [-0.15, -0.1) is 0 Å². The van der Waals surface area contributed by atoms with Gasteiger partial charge in [0, 0.05) is 12.4 Å². The fraction of sp³-hybridized carbons (Fsp3) is 0.333. The van der Waals surface area contributed by atoms with E-state index < -0.39 is 13.0 Å². The summed E-state index contributed by atoms with van der Waals surface area (Å²) in [7, 11) is 0. The molecule has 0 saturated carbocycles. The van der Waals surface area contributed by atoms with Crippen molar-refractivity contribution in [3.05, 3.63) is 18.2 Å². The molecule has 0 unspecified atom stereocenters. The molecule has 11 heavy (non-hydrogen) atoms. The van der Waals surface area contributed by atoms with Crippen LogP contribution in [0.25, 0.3) is 0 Å². The van der Waals surface area contributed by atoms with Gasteiger partial charge in [0.15, 0.2) is 12.1 Å². The average molecular weight is 160 g/mol. The fourth-order valence-electron chi connectivity index (χ4n) is 0.742. The van der Waals surface area contributed by atoms with Crippen molar-refractivity contribution < 1.29 is 13.6 Å². The summed E-state index contributed by atoms with van der Waals surface area (Å²) in [6, 6.07) is 0. The number of hydrogen-bond donors (Lipinski definition) is 0. The number of carbonyl (C=O) groups is 1. The lowest BCUT2D eigenvalue weighted by atomic mass is 10.6. The average Bonchev–Trinajstić information content (AvgIpc) is 2.34. The third-order valence-corrected chi connectivity index (χ3v) is 1.19. The van der Waals surface area contributed by atoms with Crippen molar-refractivity contribution in [2.24, 2.45) is 0 Å². The summed E-state index contributed by atoms with van der Waals surface area (Å²) in [5.74, 6) is 0.0327. The molecule has 0 radical (unpaired) electrons. The molecule has 0 N–H and O–H groups in total. The van der Waals surface area contributed by atoms with E-state index in [0.29, 0.717) is 6.29 Å². The smallest absolute Gasteiger partial charge is 0.256 e. The van der Waals surface area contributed by atoms with E-state index in [1.807, 2.05) is 0 Å². The molecular formula is C6H6F2N2O. The van der Waals surface area contributed by atoms with Crippen LogP contribution in [0.5, 0.6) is 0 Å². The summed E-state index contributed by atoms with van der Waals surface area (Å²) < 4.78 is 24.6. The quantitative estimate of drug-likeness (QED) is 0.617. The van der Waals surface area contributed by atoms with Gasteiger partial charge in [-0.05, 0) is 0 Å². The minimum Gasteiger partial charge on any atom is -0.323 e. The maximum atomic E-state index is 11.7. The lowest BCUT2D eigenvalue weighted by Gasteiger charge is -2.00. The molecule has 60 valence electrons. The van der Waals surface area contributed by atoms with Gasteiger partial charge in [0.05, 0.1) is 6.54 Å². The van der Waals surface area contributed by atoms with Crippen LogP contribution < -0.4 is 0 Å². The number of carbonyl (C=O) groups excluding carboxylic acids is 1. The Morgan fingerprint density at radius 1 is 1.73 bits per heavy atom. The predicted octanol–water partition coefficient (Wildman–Crippen LogP) is 0.961. The first-order valence-electron chi connectivity index (χ1n) is 2.98. The number of halogens is 2. The van der Waals surface area contributed by atoms with Gasteiger partial charge in [-0.2, -0.15) is 0 Å². The summed E-state index contributed by atoms with van der Waals surface area (Å²) in [6.07, 6.45) is 0.646. The molecule has 1 rings (SSSR count). The van der Waals surface area contributed by atoms with Crippen LogP contribution >= 0.6 is 0 Å². The van der Waals surface area contributed by atoms with Gasteiger partial charge in [-0.3, -0.25) is 4.79 Å². The normalized spacial score (nSPS) is 10.5. The molecule has 5 heteroatoms. The van der Waals surface area contributed by atoms with Crippen LogP contribution in [0.1, 0.15) is 10.6 Å². The van der Waals surface area contributed by atoms with E-state index in [4.69, 9.17) is 0 Å². The Kier molecular flexibility index (Phi) is 2.30. The molecule has 1 aromatic heterocycles. The van der Waals surface area contributed by atoms with E-state index in [-0.39, 0.29) is 5.82 Å². The number of rotatable bonds is 3. The molecule has 0 aromatic carbocycles. The molecule has 0 aliphatic heterocycles. The van der Waals surface area contributed by atoms with Crippen LogP contribution in [-0.2, 0) is 6.54 Å². The van der Waals surface area contributed by atoms with Crippen LogP contribution in [-0.4, -0.2) is 22.3 Å². The van der Waals surface area contributed by atoms with Gasteiger partial charge in [-0.25, -0.2) is 13.8 Å². The van der Waals surface area contributed by atoms with Crippen molar-refractivity contribution in [3.63, 3.8) is 0 Å². The van der Waals surface area contributed by atoms with Gasteiger partial charge < -0.3 is 4.57 Å². The SMILES string of the molecule is O=Cc1nccn1CC(F)F. The van der Waals surface area contributed by atoms with Gasteiger partial charge in [0.2, 0.25) is 0 Å². The summed E-state index contributed by atoms with van der Waals surface area (Å²) >= 11 is 0. The molecule has 0 amide bonds. The van der Waals surface area contributed by atoms with E-state index in [1.54, 1.807) is 0 Å². The molecule has 1 aromatic rings. The summed E-state index contributed by atoms with van der Waals surface area (Å²) in [6.45, 7) is -0.478. The lowest BCUT2D eigenvalue weighted by Crippen LogP contribution is -2.08. The maximum absolute atomic E-state index is 11.7. The van der Waals surface area contributed by atoms with E-state index >= 15 is 0 Å². The Bertz CT molecular complexity index is 246. The second-order valence-corrected chi connectivity index (χ2v) is 1.95. The Morgan fingerprint density at radius 3 is 3.00 bits per heavy atom. The summed E-state index contributed by atoms with van der Waals surface area (Å²) in [4.78, 5) is 13.7. The number of hydrogen-bond acceptors (Lipinski definition) is 2. The molecular weight excluding hydrogens is 154 g/mol. The van der Waals surface area contributed by atoms with Crippen molar-refractivity contribution in [1.29, 1.82) is 0 Å². The molecule has 1 heterocycles. The van der Waals surface area contributed by atoms with Crippen molar-refractivity contribution in [2.75, 3.05) is 0 Å². The second kappa shape index (κ2) is 3.23. The van der Waals surface area contributed by atoms with Gasteiger partial charge in [0.1, 0.15) is 0 Å². The molecule has 0 aliphatic rings. The maximum Gasteiger partial charge on any atom is 0.256 e. The van der Waals surface area contributed by atoms with Crippen LogP contribution in [0.15, 0.2) is 12.4 Å². The minimum absolute atomic E-state index is 0.0327. The molecule has 3 nitrogen and oxygen atoms in total. The number of aldehydes is 1. The second-order valence-electron chi connectivity index (χ2n) is 1.95. The largest absolute Gasteiger partial charge is 0.323 e. The van der Waals surface area contributed by atoms with Crippen LogP contribution in [0.3, 0.4) is 0 Å². The molecule has 0 atom stereocenters. The van der Waals surface area contributed by atoms with Gasteiger partial charge in [-0.1, -0.05) is 0 Å². The van der Waals surface area contributed by atoms with Crippen molar-refractivity contribution in [1.82, 2.24) is 9.55 Å². The lowest BCUT2D eigenvalue weighted by molar-refractivity contribution is 0.108. The Balaban J connectivity index is 2.76. The van der Waals surface area contributed by atoms with Crippen LogP contribution in [0.2, 0.25) is 0 Å². The third kappa shape index (κ3) is 1.83. The first kappa shape index (κ1) is 7.84. The number of nitrogens with zero attached hydrogens (tertiary/aromatic N) is 2. The molecule has 0 spiro atoms. The number of alkyl halides is 2. The number of aromatic nitrogens is 2. The topological polar surface area (TPSA) is 34.9 Å². The predicted molar refractivity (Wildman–Crippen MR) is 33.6 cm³/mol. The van der Waals surface area contributed by atoms with E-state index in [9.17, 15) is 13.6 Å². The Hall–Kier alpha value is -1.26. The molecule has 0 saturated heterocycles. The van der Waals surface area contributed by atoms with Crippen LogP contribution in [0, 0.1) is 0 Å². The zero-order valence-corrected chi connectivity index (χ0v) is 5.58. The zero-order chi connectivity index (χ0) is 8.27. The first-order chi connectivity index (χ1) is 5.24. The Morgan fingerprint density at radius 2 is 2.45 bits per heavy atom. The summed E-state index contributed by atoms with van der Waals surface area (Å²) in [5.41, 5.74) is 0. The van der Waals surface area contributed by atoms with Gasteiger partial charge >= 0.3 is 0 Å². The number of imidazole rings is 1. The summed E-state index contributed by atoms with van der Waals surface area (Å²) in [5, 5.41) is 0. The standard InChI is InChI=1S/C6H6F2N2O/c7-5(8)3-10-2-1-9-6(10)4-11/h1-2,4-5H,3H2. The van der Waals surface area contributed by atoms with E-state index in [2.05, 4.69) is 4.98 Å². The highest BCUT2D eigenvalue weighted by molar-refractivity contribution is 5.69. The van der Waals surface area contributed by atoms with Gasteiger partial charge in [0.25, 0.3) is 6.43 Å². The third-order valence-electron chi connectivity index (χ3n) is 1.19. The van der Waals surface area contributed by atoms with Crippen molar-refractivity contribution >= 4 is 6.29 Å². The van der Waals surface area contributed by atoms with E-state index in [0.717, 1.165) is 4.57 Å². The van der Waals surface area contributed by atoms with Crippen LogP contribution in [0.4, 0.5) is 8.78 Å². The molecule has 0 bridgehead atoms. The zero-order valence-electron chi connectivity index (χ0n) is 5.58. The monoisotopic (exact) mass is 160 g/mol. The first-order valence-corrected chi connectivity index (χ1v) is 2.98. The molecule has 0 aliphatic carbocycles. The highest BCUT2D eigenvalue weighted by Crippen LogP contribution is 2.00. The van der Waals surface area contributed by atoms with Crippen molar-refractivity contribution in [2.45, 2.75) is 13.0 Å². The highest BCUT2D eigenvalue weighted by Gasteiger charge is 2.06. The molecule has 0 fully saturated rings. The van der Waals surface area contributed by atoms with E-state index in [1.165, 1.54) is 12.4 Å². The highest BCUT2D eigenvalue weighted by atomic mass is 19.3. The minimum atomic E-state index is -2.46.